The Morgan fingerprint density at radius 1 is 1.33 bits per heavy atom. The predicted octanol–water partition coefficient (Wildman–Crippen LogP) is -1.25. The van der Waals surface area contributed by atoms with Crippen molar-refractivity contribution in [3.8, 4) is 0 Å². The third-order valence-electron chi connectivity index (χ3n) is 1.87. The Morgan fingerprint density at radius 2 is 1.87 bits per heavy atom. The van der Waals surface area contributed by atoms with Gasteiger partial charge in [0.05, 0.1) is 5.56 Å². The number of benzene rings is 1. The summed E-state index contributed by atoms with van der Waals surface area (Å²) in [5.74, 6) is -1.23. The summed E-state index contributed by atoms with van der Waals surface area (Å²) in [5.41, 5.74) is -0.932. The molecule has 0 amide bonds. The second kappa shape index (κ2) is 5.49. The minimum absolute atomic E-state index is 0. The quantitative estimate of drug-likeness (QED) is 0.658. The average molecular weight is 242 g/mol. The first-order valence-electron chi connectivity index (χ1n) is 3.86. The molecule has 15 heavy (non-hydrogen) atoms. The Balaban J connectivity index is 0.00000196. The predicted molar refractivity (Wildman–Crippen MR) is 46.9 cm³/mol. The fraction of sp³-hybridized carbons (Fsp3) is 0.125. The average Bonchev–Trinajstić information content (AvgIpc) is 2.01. The van der Waals surface area contributed by atoms with Gasteiger partial charge in [-0.2, -0.15) is 0 Å². The smallest absolute Gasteiger partial charge is 0.478 e. The van der Waals surface area contributed by atoms with Gasteiger partial charge in [-0.05, 0) is 13.0 Å². The van der Waals surface area contributed by atoms with E-state index in [0.717, 1.165) is 18.2 Å². The van der Waals surface area contributed by atoms with Crippen LogP contribution in [0.25, 0.3) is 0 Å². The number of carboxylic acid groups (broad SMARTS) is 1. The molecule has 0 aromatic heterocycles. The van der Waals surface area contributed by atoms with Gasteiger partial charge < -0.3 is 18.1 Å². The van der Waals surface area contributed by atoms with Gasteiger partial charge in [0.2, 0.25) is 0 Å². The van der Waals surface area contributed by atoms with Crippen molar-refractivity contribution in [3.05, 3.63) is 29.3 Å². The Bertz CT molecular complexity index is 379. The van der Waals surface area contributed by atoms with Crippen LogP contribution in [0.2, 0.25) is 0 Å². The van der Waals surface area contributed by atoms with Crippen LogP contribution in [0.1, 0.15) is 15.9 Å². The fourth-order valence-electron chi connectivity index (χ4n) is 1.18. The van der Waals surface area contributed by atoms with Crippen LogP contribution in [0.5, 0.6) is 0 Å². The van der Waals surface area contributed by atoms with Gasteiger partial charge in [-0.3, -0.25) is 0 Å². The van der Waals surface area contributed by atoms with Crippen LogP contribution in [-0.4, -0.2) is 18.1 Å². The molecule has 7 heteroatoms. The van der Waals surface area contributed by atoms with Crippen LogP contribution in [-0.2, 0) is 0 Å². The van der Waals surface area contributed by atoms with Crippen molar-refractivity contribution in [2.75, 3.05) is 0 Å². The van der Waals surface area contributed by atoms with Gasteiger partial charge in [0, 0.05) is 0 Å². The van der Waals surface area contributed by atoms with Gasteiger partial charge in [0.25, 0.3) is 0 Å². The molecule has 0 aliphatic rings. The standard InChI is InChI=1S/C8H7BF3O2.K/c1-5-4-6(8(13)14)2-3-7(5)9(10,11)12;/h2-4H,1H3,(H,13,14);/q-1;+1. The number of aryl methyl sites for hydroxylation is 1. The minimum atomic E-state index is -5.06. The van der Waals surface area contributed by atoms with Crippen molar-refractivity contribution in [2.45, 2.75) is 6.92 Å². The fourth-order valence-corrected chi connectivity index (χ4v) is 1.18. The van der Waals surface area contributed by atoms with Crippen molar-refractivity contribution in [1.29, 1.82) is 0 Å². The summed E-state index contributed by atoms with van der Waals surface area (Å²) in [4.78, 5) is 10.4. The Morgan fingerprint density at radius 3 is 2.20 bits per heavy atom. The molecule has 1 rings (SSSR count). The monoisotopic (exact) mass is 242 g/mol. The maximum Gasteiger partial charge on any atom is 1.00 e. The van der Waals surface area contributed by atoms with E-state index in [2.05, 4.69) is 0 Å². The molecular weight excluding hydrogens is 235 g/mol. The van der Waals surface area contributed by atoms with Crippen molar-refractivity contribution in [3.63, 3.8) is 0 Å². The van der Waals surface area contributed by atoms with E-state index in [-0.39, 0.29) is 62.5 Å². The molecule has 0 bridgehead atoms. The minimum Gasteiger partial charge on any atom is -0.478 e. The molecule has 0 unspecified atom stereocenters. The van der Waals surface area contributed by atoms with Crippen LogP contribution >= 0.6 is 0 Å². The van der Waals surface area contributed by atoms with Crippen LogP contribution in [0.15, 0.2) is 18.2 Å². The molecular formula is C8H7BF3KO2. The van der Waals surface area contributed by atoms with E-state index in [1.165, 1.54) is 6.92 Å². The van der Waals surface area contributed by atoms with Crippen LogP contribution in [0, 0.1) is 6.92 Å². The molecule has 2 nitrogen and oxygen atoms in total. The summed E-state index contributed by atoms with van der Waals surface area (Å²) in [7, 11) is 0. The van der Waals surface area contributed by atoms with E-state index >= 15 is 0 Å². The third-order valence-corrected chi connectivity index (χ3v) is 1.87. The topological polar surface area (TPSA) is 37.3 Å². The summed E-state index contributed by atoms with van der Waals surface area (Å²) in [6, 6.07) is 2.78. The van der Waals surface area contributed by atoms with E-state index in [1.807, 2.05) is 0 Å². The van der Waals surface area contributed by atoms with Crippen LogP contribution in [0.3, 0.4) is 0 Å². The molecule has 1 aromatic rings. The first-order chi connectivity index (χ1) is 6.32. The van der Waals surface area contributed by atoms with E-state index in [1.54, 1.807) is 0 Å². The van der Waals surface area contributed by atoms with Gasteiger partial charge in [0.1, 0.15) is 0 Å². The largest absolute Gasteiger partial charge is 1.00 e. The van der Waals surface area contributed by atoms with Gasteiger partial charge in [-0.15, -0.1) is 5.46 Å². The normalized spacial score (nSPS) is 10.7. The number of carboxylic acids is 1. The number of hydrogen-bond acceptors (Lipinski definition) is 1. The van der Waals surface area contributed by atoms with Gasteiger partial charge >= 0.3 is 64.3 Å². The molecule has 0 radical (unpaired) electrons. The van der Waals surface area contributed by atoms with Crippen LogP contribution < -0.4 is 56.8 Å². The number of halogens is 3. The van der Waals surface area contributed by atoms with E-state index in [4.69, 9.17) is 5.11 Å². The third kappa shape index (κ3) is 3.92. The molecule has 0 fully saturated rings. The maximum absolute atomic E-state index is 12.3. The summed E-state index contributed by atoms with van der Waals surface area (Å²) in [5, 5.41) is 8.53. The molecule has 1 N–H and O–H groups in total. The molecule has 0 aliphatic carbocycles. The molecule has 0 aliphatic heterocycles. The Hall–Kier alpha value is 0.181. The maximum atomic E-state index is 12.3. The number of hydrogen-bond donors (Lipinski definition) is 1. The first-order valence-corrected chi connectivity index (χ1v) is 3.86. The first kappa shape index (κ1) is 15.2. The second-order valence-corrected chi connectivity index (χ2v) is 2.95. The van der Waals surface area contributed by atoms with Gasteiger partial charge in [-0.25, -0.2) is 4.79 Å². The Labute approximate surface area is 127 Å². The van der Waals surface area contributed by atoms with Crippen molar-refractivity contribution >= 4 is 18.4 Å². The summed E-state index contributed by atoms with van der Waals surface area (Å²) in [6.07, 6.45) is 0. The number of aromatic carboxylic acids is 1. The molecule has 0 saturated carbocycles. The Kier molecular flexibility index (Phi) is 5.56. The van der Waals surface area contributed by atoms with Crippen molar-refractivity contribution in [1.82, 2.24) is 0 Å². The second-order valence-electron chi connectivity index (χ2n) is 2.95. The molecule has 76 valence electrons. The van der Waals surface area contributed by atoms with Crippen LogP contribution in [0.4, 0.5) is 12.9 Å². The summed E-state index contributed by atoms with van der Waals surface area (Å²) in [6.45, 7) is -3.81. The zero-order valence-electron chi connectivity index (χ0n) is 8.30. The molecule has 0 spiro atoms. The SMILES string of the molecule is Cc1cc(C(=O)O)ccc1[B-](F)(F)F.[K+]. The number of rotatable bonds is 2. The molecule has 0 saturated heterocycles. The summed E-state index contributed by atoms with van der Waals surface area (Å²) >= 11 is 0. The number of carbonyl (C=O) groups is 1. The van der Waals surface area contributed by atoms with Crippen molar-refractivity contribution in [2.24, 2.45) is 0 Å². The zero-order valence-corrected chi connectivity index (χ0v) is 11.4. The van der Waals surface area contributed by atoms with Gasteiger partial charge in [0.15, 0.2) is 0 Å². The molecule has 0 heterocycles. The molecule has 1 aromatic carbocycles. The summed E-state index contributed by atoms with van der Waals surface area (Å²) < 4.78 is 36.9. The van der Waals surface area contributed by atoms with E-state index < -0.39 is 18.4 Å². The van der Waals surface area contributed by atoms with Crippen molar-refractivity contribution < 1.29 is 74.2 Å². The van der Waals surface area contributed by atoms with E-state index in [9.17, 15) is 17.7 Å². The molecule has 0 atom stereocenters. The van der Waals surface area contributed by atoms with E-state index in [0.29, 0.717) is 0 Å². The zero-order chi connectivity index (χ0) is 10.9. The van der Waals surface area contributed by atoms with Gasteiger partial charge in [-0.1, -0.05) is 17.7 Å².